The Morgan fingerprint density at radius 1 is 1.32 bits per heavy atom. The summed E-state index contributed by atoms with van der Waals surface area (Å²) < 4.78 is 10.5. The molecular formula is C23H22N4O6S. The summed E-state index contributed by atoms with van der Waals surface area (Å²) >= 11 is 1.34. The third-order valence-corrected chi connectivity index (χ3v) is 7.00. The van der Waals surface area contributed by atoms with Gasteiger partial charge in [0.05, 0.1) is 23.6 Å². The van der Waals surface area contributed by atoms with E-state index < -0.39 is 17.4 Å². The highest BCUT2D eigenvalue weighted by atomic mass is 32.1. The van der Waals surface area contributed by atoms with E-state index in [4.69, 9.17) is 9.47 Å². The van der Waals surface area contributed by atoms with Gasteiger partial charge in [0.15, 0.2) is 6.61 Å². The number of esters is 1. The van der Waals surface area contributed by atoms with Crippen molar-refractivity contribution in [1.82, 2.24) is 15.3 Å². The van der Waals surface area contributed by atoms with Gasteiger partial charge in [-0.05, 0) is 49.4 Å². The summed E-state index contributed by atoms with van der Waals surface area (Å²) in [5, 5.41) is 5.82. The van der Waals surface area contributed by atoms with Gasteiger partial charge in [0.1, 0.15) is 10.6 Å². The van der Waals surface area contributed by atoms with Crippen LogP contribution in [0.4, 0.5) is 5.69 Å². The second kappa shape index (κ2) is 8.90. The first-order valence-electron chi connectivity index (χ1n) is 11.0. The zero-order chi connectivity index (χ0) is 23.8. The fourth-order valence-electron chi connectivity index (χ4n) is 4.33. The molecule has 0 saturated carbocycles. The van der Waals surface area contributed by atoms with Crippen LogP contribution in [0, 0.1) is 0 Å². The van der Waals surface area contributed by atoms with Crippen molar-refractivity contribution in [2.24, 2.45) is 0 Å². The van der Waals surface area contributed by atoms with Crippen LogP contribution in [0.3, 0.4) is 0 Å². The molecule has 3 N–H and O–H groups in total. The number of carbonyl (C=O) groups is 3. The SMILES string of the molecule is CCOC(=O)C1CCCc2sc3nc(C(=O)NCc4ccc5c(c4)NC(=O)CO5)[nH]c(=O)c3c21. The molecule has 2 aromatic heterocycles. The molecule has 34 heavy (non-hydrogen) atoms. The summed E-state index contributed by atoms with van der Waals surface area (Å²) in [7, 11) is 0. The van der Waals surface area contributed by atoms with Gasteiger partial charge >= 0.3 is 5.97 Å². The number of anilines is 1. The van der Waals surface area contributed by atoms with Crippen LogP contribution in [0.2, 0.25) is 0 Å². The first kappa shape index (κ1) is 22.1. The van der Waals surface area contributed by atoms with E-state index in [0.717, 1.165) is 23.3 Å². The Bertz CT molecular complexity index is 1380. The number of H-pyrrole nitrogens is 1. The van der Waals surface area contributed by atoms with Crippen molar-refractivity contribution in [2.45, 2.75) is 38.6 Å². The highest BCUT2D eigenvalue weighted by Crippen LogP contribution is 2.41. The monoisotopic (exact) mass is 482 g/mol. The molecule has 1 unspecified atom stereocenters. The maximum absolute atomic E-state index is 13.0. The maximum atomic E-state index is 13.0. The topological polar surface area (TPSA) is 139 Å². The number of nitrogens with one attached hydrogen (secondary N) is 3. The third-order valence-electron chi connectivity index (χ3n) is 5.84. The number of benzene rings is 1. The predicted octanol–water partition coefficient (Wildman–Crippen LogP) is 2.23. The van der Waals surface area contributed by atoms with Crippen molar-refractivity contribution in [3.8, 4) is 5.75 Å². The van der Waals surface area contributed by atoms with Gasteiger partial charge in [-0.25, -0.2) is 4.98 Å². The lowest BCUT2D eigenvalue weighted by Gasteiger charge is -2.20. The number of nitrogens with zero attached hydrogens (tertiary/aromatic N) is 1. The molecule has 1 aliphatic heterocycles. The highest BCUT2D eigenvalue weighted by molar-refractivity contribution is 7.18. The first-order chi connectivity index (χ1) is 16.4. The molecule has 5 rings (SSSR count). The molecule has 0 spiro atoms. The first-order valence-corrected chi connectivity index (χ1v) is 11.8. The summed E-state index contributed by atoms with van der Waals surface area (Å²) in [6, 6.07) is 5.21. The molecule has 11 heteroatoms. The lowest BCUT2D eigenvalue weighted by molar-refractivity contribution is -0.145. The lowest BCUT2D eigenvalue weighted by Crippen LogP contribution is -2.28. The van der Waals surface area contributed by atoms with E-state index in [2.05, 4.69) is 20.6 Å². The molecular weight excluding hydrogens is 460 g/mol. The number of carbonyl (C=O) groups excluding carboxylic acids is 3. The summed E-state index contributed by atoms with van der Waals surface area (Å²) in [5.41, 5.74) is 1.52. The van der Waals surface area contributed by atoms with E-state index in [9.17, 15) is 19.2 Å². The van der Waals surface area contributed by atoms with Crippen LogP contribution in [0.1, 0.15) is 52.3 Å². The summed E-state index contributed by atoms with van der Waals surface area (Å²) in [5.74, 6) is -1.14. The fraction of sp³-hybridized carbons (Fsp3) is 0.348. The van der Waals surface area contributed by atoms with Crippen LogP contribution < -0.4 is 20.9 Å². The van der Waals surface area contributed by atoms with Crippen LogP contribution in [0.5, 0.6) is 5.75 Å². The molecule has 3 heterocycles. The van der Waals surface area contributed by atoms with Gasteiger partial charge in [-0.2, -0.15) is 0 Å². The van der Waals surface area contributed by atoms with Crippen molar-refractivity contribution in [2.75, 3.05) is 18.5 Å². The number of hydrogen-bond donors (Lipinski definition) is 3. The van der Waals surface area contributed by atoms with E-state index in [-0.39, 0.29) is 37.5 Å². The second-order valence-electron chi connectivity index (χ2n) is 8.08. The van der Waals surface area contributed by atoms with Crippen molar-refractivity contribution in [3.05, 3.63) is 50.4 Å². The van der Waals surface area contributed by atoms with Crippen LogP contribution in [0.15, 0.2) is 23.0 Å². The molecule has 0 bridgehead atoms. The minimum Gasteiger partial charge on any atom is -0.482 e. The van der Waals surface area contributed by atoms with E-state index >= 15 is 0 Å². The fourth-order valence-corrected chi connectivity index (χ4v) is 5.61. The van der Waals surface area contributed by atoms with E-state index in [1.54, 1.807) is 25.1 Å². The average Bonchev–Trinajstić information content (AvgIpc) is 3.21. The zero-order valence-corrected chi connectivity index (χ0v) is 19.2. The summed E-state index contributed by atoms with van der Waals surface area (Å²) in [6.07, 6.45) is 2.19. The number of rotatable bonds is 5. The van der Waals surface area contributed by atoms with Gasteiger partial charge in [0, 0.05) is 11.4 Å². The summed E-state index contributed by atoms with van der Waals surface area (Å²) in [4.78, 5) is 58.0. The molecule has 0 radical (unpaired) electrons. The van der Waals surface area contributed by atoms with Crippen LogP contribution >= 0.6 is 11.3 Å². The molecule has 3 aromatic rings. The molecule has 0 fully saturated rings. The van der Waals surface area contributed by atoms with Gasteiger partial charge in [-0.15, -0.1) is 11.3 Å². The minimum atomic E-state index is -0.537. The van der Waals surface area contributed by atoms with Gasteiger partial charge in [-0.1, -0.05) is 6.07 Å². The van der Waals surface area contributed by atoms with Gasteiger partial charge < -0.3 is 25.1 Å². The standard InChI is InChI=1S/C23H22N4O6S/c1-2-32-23(31)12-4-3-5-15-17(12)18-20(29)26-19(27-22(18)34-15)21(30)24-9-11-6-7-14-13(8-11)25-16(28)10-33-14/h6-8,12H,2-5,9-10H2,1H3,(H,24,30)(H,25,28)(H,26,27,29). The van der Waals surface area contributed by atoms with Crippen LogP contribution in [-0.4, -0.2) is 41.0 Å². The highest BCUT2D eigenvalue weighted by Gasteiger charge is 2.33. The number of amides is 2. The molecule has 0 saturated heterocycles. The van der Waals surface area contributed by atoms with Crippen molar-refractivity contribution in [3.63, 3.8) is 0 Å². The van der Waals surface area contributed by atoms with E-state index in [1.165, 1.54) is 11.3 Å². The Hall–Kier alpha value is -3.73. The number of hydrogen-bond acceptors (Lipinski definition) is 8. The molecule has 1 aromatic carbocycles. The number of aromatic nitrogens is 2. The van der Waals surface area contributed by atoms with Crippen molar-refractivity contribution >= 4 is 45.0 Å². The Morgan fingerprint density at radius 2 is 2.18 bits per heavy atom. The largest absolute Gasteiger partial charge is 0.482 e. The number of thiophene rings is 1. The Morgan fingerprint density at radius 3 is 3.00 bits per heavy atom. The Labute approximate surface area is 197 Å². The van der Waals surface area contributed by atoms with Crippen molar-refractivity contribution in [1.29, 1.82) is 0 Å². The number of ether oxygens (including phenoxy) is 2. The quantitative estimate of drug-likeness (QED) is 0.474. The molecule has 10 nitrogen and oxygen atoms in total. The van der Waals surface area contributed by atoms with Crippen molar-refractivity contribution < 1.29 is 23.9 Å². The molecule has 176 valence electrons. The number of aromatic amines is 1. The molecule has 2 amide bonds. The molecule has 1 atom stereocenters. The van der Waals surface area contributed by atoms with E-state index in [0.29, 0.717) is 33.6 Å². The Kier molecular flexibility index (Phi) is 5.78. The molecule has 1 aliphatic carbocycles. The third kappa shape index (κ3) is 4.03. The van der Waals surface area contributed by atoms with Gasteiger partial charge in [-0.3, -0.25) is 19.2 Å². The summed E-state index contributed by atoms with van der Waals surface area (Å²) in [6.45, 7) is 2.16. The van der Waals surface area contributed by atoms with E-state index in [1.807, 2.05) is 0 Å². The predicted molar refractivity (Wildman–Crippen MR) is 124 cm³/mol. The number of fused-ring (bicyclic) bond motifs is 4. The second-order valence-corrected chi connectivity index (χ2v) is 9.16. The van der Waals surface area contributed by atoms with Crippen LogP contribution in [-0.2, 0) is 27.3 Å². The normalized spacial score (nSPS) is 16.7. The minimum absolute atomic E-state index is 0.0305. The van der Waals surface area contributed by atoms with Gasteiger partial charge in [0.25, 0.3) is 17.4 Å². The smallest absolute Gasteiger partial charge is 0.313 e. The average molecular weight is 483 g/mol. The van der Waals surface area contributed by atoms with Gasteiger partial charge in [0.2, 0.25) is 5.82 Å². The van der Waals surface area contributed by atoms with Crippen LogP contribution in [0.25, 0.3) is 10.2 Å². The zero-order valence-electron chi connectivity index (χ0n) is 18.4. The maximum Gasteiger partial charge on any atom is 0.313 e. The molecule has 2 aliphatic rings. The lowest BCUT2D eigenvalue weighted by atomic mass is 9.86. The Balaban J connectivity index is 1.38. The number of aryl methyl sites for hydroxylation is 1.